The first kappa shape index (κ1) is 29.1. The largest absolute Gasteiger partial charge is 0.450 e. The van der Waals surface area contributed by atoms with Gasteiger partial charge in [-0.25, -0.2) is 13.2 Å². The molecule has 0 spiro atoms. The number of anilines is 2. The first-order valence-corrected chi connectivity index (χ1v) is 15.6. The van der Waals surface area contributed by atoms with Crippen LogP contribution < -0.4 is 9.62 Å². The highest BCUT2D eigenvalue weighted by Gasteiger charge is 2.40. The number of ether oxygens (including phenoxy) is 1. The van der Waals surface area contributed by atoms with E-state index in [-0.39, 0.29) is 23.3 Å². The number of hydrogen-bond acceptors (Lipinski definition) is 5. The predicted molar refractivity (Wildman–Crippen MR) is 165 cm³/mol. The Bertz CT molecular complexity index is 1720. The van der Waals surface area contributed by atoms with Crippen LogP contribution in [0.25, 0.3) is 10.8 Å². The number of aryl methyl sites for hydroxylation is 1. The number of carbonyl (C=O) groups excluding carboxylic acids is 2. The van der Waals surface area contributed by atoms with Gasteiger partial charge in [-0.3, -0.25) is 9.10 Å². The minimum absolute atomic E-state index is 0.190. The summed E-state index contributed by atoms with van der Waals surface area (Å²) in [4.78, 5) is 27.6. The van der Waals surface area contributed by atoms with Gasteiger partial charge >= 0.3 is 6.09 Å². The zero-order valence-electron chi connectivity index (χ0n) is 24.0. The molecule has 1 heterocycles. The molecule has 1 N–H and O–H groups in total. The standard InChI is InChI=1S/C33H35N3O5S/c1-4-41-33(38)35-20-19-30(24(3)22-35)36(42(39,40)31-18-10-13-25-12-6-7-16-28(25)31)27-15-9-14-26(21-27)32(37)34-29-17-8-5-11-23(29)2/h5-18,21,24,30H,4,19-20,22H2,1-3H3,(H,34,37). The van der Waals surface area contributed by atoms with Crippen LogP contribution in [0.3, 0.4) is 0 Å². The van der Waals surface area contributed by atoms with Gasteiger partial charge in [-0.2, -0.15) is 0 Å². The molecule has 9 heteroatoms. The molecule has 1 fully saturated rings. The van der Waals surface area contributed by atoms with Crippen LogP contribution in [0.2, 0.25) is 0 Å². The SMILES string of the molecule is CCOC(=O)N1CCC(N(c2cccc(C(=O)Nc3ccccc3C)c2)S(=O)(=O)c2cccc3ccccc23)C(C)C1. The maximum Gasteiger partial charge on any atom is 0.409 e. The van der Waals surface area contributed by atoms with Crippen molar-refractivity contribution in [3.05, 3.63) is 102 Å². The molecule has 42 heavy (non-hydrogen) atoms. The minimum Gasteiger partial charge on any atom is -0.450 e. The summed E-state index contributed by atoms with van der Waals surface area (Å²) in [5, 5.41) is 4.38. The van der Waals surface area contributed by atoms with Crippen LogP contribution in [0, 0.1) is 12.8 Å². The van der Waals surface area contributed by atoms with Crippen LogP contribution in [-0.4, -0.2) is 51.1 Å². The van der Waals surface area contributed by atoms with Crippen molar-refractivity contribution in [3.63, 3.8) is 0 Å². The van der Waals surface area contributed by atoms with Gasteiger partial charge in [0, 0.05) is 29.7 Å². The molecular weight excluding hydrogens is 550 g/mol. The highest BCUT2D eigenvalue weighted by Crippen LogP contribution is 2.36. The van der Waals surface area contributed by atoms with Crippen LogP contribution in [0.5, 0.6) is 0 Å². The molecule has 0 saturated carbocycles. The third kappa shape index (κ3) is 5.83. The predicted octanol–water partition coefficient (Wildman–Crippen LogP) is 6.46. The molecule has 1 saturated heterocycles. The van der Waals surface area contributed by atoms with Crippen molar-refractivity contribution >= 4 is 44.2 Å². The van der Waals surface area contributed by atoms with E-state index in [1.54, 1.807) is 54.3 Å². The van der Waals surface area contributed by atoms with Gasteiger partial charge in [0.05, 0.1) is 23.2 Å². The van der Waals surface area contributed by atoms with E-state index in [1.165, 1.54) is 4.31 Å². The lowest BCUT2D eigenvalue weighted by molar-refractivity contribution is 0.0866. The number of nitrogens with zero attached hydrogens (tertiary/aromatic N) is 2. The number of rotatable bonds is 7. The lowest BCUT2D eigenvalue weighted by atomic mass is 9.93. The first-order chi connectivity index (χ1) is 20.2. The summed E-state index contributed by atoms with van der Waals surface area (Å²) in [6.07, 6.45) is 0.00463. The maximum atomic E-state index is 14.6. The number of hydrogen-bond donors (Lipinski definition) is 1. The van der Waals surface area contributed by atoms with Crippen LogP contribution in [0.4, 0.5) is 16.2 Å². The van der Waals surface area contributed by atoms with Gasteiger partial charge < -0.3 is 15.0 Å². The Morgan fingerprint density at radius 2 is 1.69 bits per heavy atom. The maximum absolute atomic E-state index is 14.6. The molecule has 0 aromatic heterocycles. The molecule has 4 aromatic carbocycles. The van der Waals surface area contributed by atoms with E-state index >= 15 is 0 Å². The molecule has 2 atom stereocenters. The molecule has 0 radical (unpaired) electrons. The molecule has 5 rings (SSSR count). The van der Waals surface area contributed by atoms with Crippen molar-refractivity contribution in [3.8, 4) is 0 Å². The summed E-state index contributed by atoms with van der Waals surface area (Å²) in [7, 11) is -4.10. The average molecular weight is 586 g/mol. The topological polar surface area (TPSA) is 96.0 Å². The molecule has 2 unspecified atom stereocenters. The van der Waals surface area contributed by atoms with E-state index in [9.17, 15) is 18.0 Å². The molecular formula is C33H35N3O5S. The molecule has 1 aliphatic rings. The Kier molecular flexibility index (Phi) is 8.49. The van der Waals surface area contributed by atoms with Crippen molar-refractivity contribution in [2.45, 2.75) is 38.1 Å². The number of piperidine rings is 1. The second-order valence-corrected chi connectivity index (χ2v) is 12.4. The molecule has 1 aliphatic heterocycles. The van der Waals surface area contributed by atoms with Crippen molar-refractivity contribution < 1.29 is 22.7 Å². The van der Waals surface area contributed by atoms with E-state index < -0.39 is 22.2 Å². The molecule has 4 aromatic rings. The molecule has 0 bridgehead atoms. The quantitative estimate of drug-likeness (QED) is 0.269. The zero-order valence-corrected chi connectivity index (χ0v) is 24.8. The van der Waals surface area contributed by atoms with E-state index in [0.717, 1.165) is 10.9 Å². The Hall–Kier alpha value is -4.37. The molecule has 0 aliphatic carbocycles. The summed E-state index contributed by atoms with van der Waals surface area (Å²) in [5.41, 5.74) is 2.34. The minimum atomic E-state index is -4.10. The van der Waals surface area contributed by atoms with Crippen LogP contribution in [-0.2, 0) is 14.8 Å². The fourth-order valence-corrected chi connectivity index (χ4v) is 7.58. The summed E-state index contributed by atoms with van der Waals surface area (Å²) in [5.74, 6) is -0.545. The van der Waals surface area contributed by atoms with Crippen molar-refractivity contribution in [1.82, 2.24) is 4.90 Å². The number of carbonyl (C=O) groups is 2. The number of benzene rings is 4. The number of sulfonamides is 1. The number of fused-ring (bicyclic) bond motifs is 1. The molecule has 8 nitrogen and oxygen atoms in total. The van der Waals surface area contributed by atoms with Gasteiger partial charge in [-0.1, -0.05) is 67.6 Å². The van der Waals surface area contributed by atoms with Gasteiger partial charge in [0.15, 0.2) is 0 Å². The van der Waals surface area contributed by atoms with Crippen LogP contribution in [0.1, 0.15) is 36.2 Å². The fourth-order valence-electron chi connectivity index (χ4n) is 5.59. The lowest BCUT2D eigenvalue weighted by Gasteiger charge is -2.42. The second-order valence-electron chi connectivity index (χ2n) is 10.6. The summed E-state index contributed by atoms with van der Waals surface area (Å²) >= 11 is 0. The van der Waals surface area contributed by atoms with E-state index in [4.69, 9.17) is 4.74 Å². The number of para-hydroxylation sites is 1. The smallest absolute Gasteiger partial charge is 0.409 e. The lowest BCUT2D eigenvalue weighted by Crippen LogP contribution is -2.53. The number of likely N-dealkylation sites (tertiary alicyclic amines) is 1. The molecule has 2 amide bonds. The third-order valence-corrected chi connectivity index (χ3v) is 9.64. The van der Waals surface area contributed by atoms with Crippen LogP contribution in [0.15, 0.2) is 95.9 Å². The van der Waals surface area contributed by atoms with Crippen molar-refractivity contribution in [2.75, 3.05) is 29.3 Å². The molecule has 218 valence electrons. The van der Waals surface area contributed by atoms with Crippen LogP contribution >= 0.6 is 0 Å². The summed E-state index contributed by atoms with van der Waals surface area (Å²) in [6, 6.07) is 26.4. The van der Waals surface area contributed by atoms with Gasteiger partial charge in [-0.15, -0.1) is 0 Å². The Morgan fingerprint density at radius 1 is 0.976 bits per heavy atom. The van der Waals surface area contributed by atoms with E-state index in [0.29, 0.717) is 41.8 Å². The van der Waals surface area contributed by atoms with Gasteiger partial charge in [-0.05, 0) is 67.5 Å². The normalized spacial score (nSPS) is 17.1. The highest BCUT2D eigenvalue weighted by atomic mass is 32.2. The summed E-state index contributed by atoms with van der Waals surface area (Å²) < 4.78 is 35.9. The van der Waals surface area contributed by atoms with Gasteiger partial charge in [0.25, 0.3) is 15.9 Å². The second kappa shape index (κ2) is 12.2. The van der Waals surface area contributed by atoms with Gasteiger partial charge in [0.2, 0.25) is 0 Å². The number of nitrogens with one attached hydrogen (secondary N) is 1. The Balaban J connectivity index is 1.57. The fraction of sp³-hybridized carbons (Fsp3) is 0.273. The van der Waals surface area contributed by atoms with Gasteiger partial charge in [0.1, 0.15) is 0 Å². The Morgan fingerprint density at radius 3 is 2.45 bits per heavy atom. The number of amides is 2. The van der Waals surface area contributed by atoms with Crippen molar-refractivity contribution in [1.29, 1.82) is 0 Å². The first-order valence-electron chi connectivity index (χ1n) is 14.1. The summed E-state index contributed by atoms with van der Waals surface area (Å²) in [6.45, 7) is 6.58. The Labute approximate surface area is 247 Å². The average Bonchev–Trinajstić information content (AvgIpc) is 2.99. The van der Waals surface area contributed by atoms with Crippen molar-refractivity contribution in [2.24, 2.45) is 5.92 Å². The zero-order chi connectivity index (χ0) is 29.9. The third-order valence-electron chi connectivity index (χ3n) is 7.73. The van der Waals surface area contributed by atoms with E-state index in [2.05, 4.69) is 5.32 Å². The van der Waals surface area contributed by atoms with E-state index in [1.807, 2.05) is 62.4 Å². The monoisotopic (exact) mass is 585 g/mol. The highest BCUT2D eigenvalue weighted by molar-refractivity contribution is 7.93.